The predicted molar refractivity (Wildman–Crippen MR) is 136 cm³/mol. The van der Waals surface area contributed by atoms with Crippen LogP contribution in [0.4, 0.5) is 17.1 Å². The van der Waals surface area contributed by atoms with E-state index < -0.39 is 15.8 Å². The van der Waals surface area contributed by atoms with Crippen molar-refractivity contribution in [2.75, 3.05) is 11.2 Å². The van der Waals surface area contributed by atoms with Gasteiger partial charge in [0.1, 0.15) is 0 Å². The van der Waals surface area contributed by atoms with E-state index in [1.54, 1.807) is 13.0 Å². The average Bonchev–Trinajstić information content (AvgIpc) is 2.83. The SMILES string of the molecule is CC(=O)O/N=C(/C)c1ccc(N(c2ccccc2)c2ccc(S(C)(=O)=O)c3ccccc23)cc1. The molecule has 0 aliphatic heterocycles. The largest absolute Gasteiger partial charge is 0.331 e. The van der Waals surface area contributed by atoms with Crippen molar-refractivity contribution in [2.24, 2.45) is 5.16 Å². The quantitative estimate of drug-likeness (QED) is 0.195. The second-order valence-electron chi connectivity index (χ2n) is 7.88. The molecule has 172 valence electrons. The van der Waals surface area contributed by atoms with Crippen LogP contribution in [0.2, 0.25) is 0 Å². The maximum atomic E-state index is 12.4. The number of carbonyl (C=O) groups is 1. The zero-order valence-electron chi connectivity index (χ0n) is 19.1. The van der Waals surface area contributed by atoms with Crippen LogP contribution in [0.5, 0.6) is 0 Å². The third-order valence-electron chi connectivity index (χ3n) is 5.37. The summed E-state index contributed by atoms with van der Waals surface area (Å²) < 4.78 is 24.8. The number of oxime groups is 1. The molecule has 4 aromatic carbocycles. The van der Waals surface area contributed by atoms with E-state index in [4.69, 9.17) is 4.84 Å². The van der Waals surface area contributed by atoms with Gasteiger partial charge < -0.3 is 9.74 Å². The van der Waals surface area contributed by atoms with Crippen LogP contribution in [0.3, 0.4) is 0 Å². The van der Waals surface area contributed by atoms with Gasteiger partial charge in [-0.05, 0) is 48.9 Å². The number of rotatable bonds is 6. The Morgan fingerprint density at radius 2 is 1.35 bits per heavy atom. The summed E-state index contributed by atoms with van der Waals surface area (Å²) in [5.41, 5.74) is 4.06. The van der Waals surface area contributed by atoms with Crippen molar-refractivity contribution in [3.05, 3.63) is 96.6 Å². The zero-order valence-corrected chi connectivity index (χ0v) is 19.9. The van der Waals surface area contributed by atoms with Crippen molar-refractivity contribution in [3.8, 4) is 0 Å². The van der Waals surface area contributed by atoms with E-state index >= 15 is 0 Å². The molecule has 0 aliphatic rings. The topological polar surface area (TPSA) is 76.0 Å². The highest BCUT2D eigenvalue weighted by Crippen LogP contribution is 2.40. The Kier molecular flexibility index (Phi) is 6.47. The molecule has 4 aromatic rings. The van der Waals surface area contributed by atoms with Gasteiger partial charge in [-0.1, -0.05) is 59.8 Å². The van der Waals surface area contributed by atoms with E-state index in [1.165, 1.54) is 13.2 Å². The van der Waals surface area contributed by atoms with E-state index in [-0.39, 0.29) is 0 Å². The zero-order chi connectivity index (χ0) is 24.3. The van der Waals surface area contributed by atoms with Crippen molar-refractivity contribution >= 4 is 49.4 Å². The number of benzene rings is 4. The first-order chi connectivity index (χ1) is 16.3. The molecule has 0 bridgehead atoms. The lowest BCUT2D eigenvalue weighted by Gasteiger charge is -2.27. The number of fused-ring (bicyclic) bond motifs is 1. The molecule has 0 saturated heterocycles. The molecule has 0 fully saturated rings. The Balaban J connectivity index is 1.88. The number of anilines is 3. The van der Waals surface area contributed by atoms with Crippen LogP contribution in [0.1, 0.15) is 19.4 Å². The molecule has 6 nitrogen and oxygen atoms in total. The number of carbonyl (C=O) groups excluding carboxylic acids is 1. The second-order valence-corrected chi connectivity index (χ2v) is 9.86. The summed E-state index contributed by atoms with van der Waals surface area (Å²) >= 11 is 0. The van der Waals surface area contributed by atoms with Gasteiger partial charge in [0.05, 0.1) is 16.3 Å². The predicted octanol–water partition coefficient (Wildman–Crippen LogP) is 6.00. The number of hydrogen-bond acceptors (Lipinski definition) is 6. The molecule has 34 heavy (non-hydrogen) atoms. The summed E-state index contributed by atoms with van der Waals surface area (Å²) in [7, 11) is -3.40. The van der Waals surface area contributed by atoms with Crippen molar-refractivity contribution < 1.29 is 18.0 Å². The molecule has 0 spiro atoms. The summed E-state index contributed by atoms with van der Waals surface area (Å²) in [6, 6.07) is 28.6. The Bertz CT molecular complexity index is 1480. The van der Waals surface area contributed by atoms with Crippen molar-refractivity contribution in [3.63, 3.8) is 0 Å². The molecule has 0 saturated carbocycles. The number of sulfone groups is 1. The van der Waals surface area contributed by atoms with Crippen molar-refractivity contribution in [1.82, 2.24) is 0 Å². The van der Waals surface area contributed by atoms with E-state index in [1.807, 2.05) is 84.9 Å². The summed E-state index contributed by atoms with van der Waals surface area (Å²) in [5, 5.41) is 5.35. The van der Waals surface area contributed by atoms with E-state index in [0.29, 0.717) is 16.0 Å². The van der Waals surface area contributed by atoms with E-state index in [9.17, 15) is 13.2 Å². The molecule has 0 radical (unpaired) electrons. The number of hydrogen-bond donors (Lipinski definition) is 0. The normalized spacial score (nSPS) is 11.9. The Hall–Kier alpha value is -3.97. The van der Waals surface area contributed by atoms with Gasteiger partial charge in [0.2, 0.25) is 0 Å². The molecule has 0 unspecified atom stereocenters. The maximum absolute atomic E-state index is 12.4. The van der Waals surface area contributed by atoms with Crippen molar-refractivity contribution in [2.45, 2.75) is 18.7 Å². The summed E-state index contributed by atoms with van der Waals surface area (Å²) in [6.07, 6.45) is 1.22. The maximum Gasteiger partial charge on any atom is 0.331 e. The smallest absolute Gasteiger partial charge is 0.318 e. The first kappa shape index (κ1) is 23.2. The molecule has 0 atom stereocenters. The van der Waals surface area contributed by atoms with Gasteiger partial charge in [-0.25, -0.2) is 13.2 Å². The fourth-order valence-corrected chi connectivity index (χ4v) is 4.71. The van der Waals surface area contributed by atoms with Crippen LogP contribution in [0.15, 0.2) is 101 Å². The Morgan fingerprint density at radius 3 is 1.97 bits per heavy atom. The lowest BCUT2D eigenvalue weighted by molar-refractivity contribution is -0.140. The first-order valence-electron chi connectivity index (χ1n) is 10.7. The molecular formula is C27H24N2O4S. The minimum atomic E-state index is -3.40. The number of para-hydroxylation sites is 1. The van der Waals surface area contributed by atoms with Gasteiger partial charge in [-0.3, -0.25) is 0 Å². The third kappa shape index (κ3) is 4.84. The molecule has 4 rings (SSSR count). The van der Waals surface area contributed by atoms with Gasteiger partial charge in [0.25, 0.3) is 0 Å². The summed E-state index contributed by atoms with van der Waals surface area (Å²) in [6.45, 7) is 3.07. The molecular weight excluding hydrogens is 448 g/mol. The van der Waals surface area contributed by atoms with Crippen LogP contribution in [0, 0.1) is 0 Å². The van der Waals surface area contributed by atoms with Gasteiger partial charge in [-0.15, -0.1) is 0 Å². The molecule has 0 N–H and O–H groups in total. The van der Waals surface area contributed by atoms with E-state index in [0.717, 1.165) is 28.0 Å². The van der Waals surface area contributed by atoms with Gasteiger partial charge in [0.15, 0.2) is 9.84 Å². The molecule has 0 aromatic heterocycles. The highest BCUT2D eigenvalue weighted by atomic mass is 32.2. The minimum absolute atomic E-state index is 0.299. The monoisotopic (exact) mass is 472 g/mol. The fraction of sp³-hybridized carbons (Fsp3) is 0.111. The Morgan fingerprint density at radius 1 is 0.765 bits per heavy atom. The average molecular weight is 473 g/mol. The van der Waals surface area contributed by atoms with Crippen molar-refractivity contribution in [1.29, 1.82) is 0 Å². The van der Waals surface area contributed by atoms with Crippen LogP contribution >= 0.6 is 0 Å². The van der Waals surface area contributed by atoms with Crippen LogP contribution in [-0.4, -0.2) is 26.4 Å². The lowest BCUT2D eigenvalue weighted by Crippen LogP contribution is -2.11. The van der Waals surface area contributed by atoms with Gasteiger partial charge in [-0.2, -0.15) is 0 Å². The molecule has 0 amide bonds. The van der Waals surface area contributed by atoms with Crippen LogP contribution in [-0.2, 0) is 19.5 Å². The summed E-state index contributed by atoms with van der Waals surface area (Å²) in [5.74, 6) is -0.476. The fourth-order valence-electron chi connectivity index (χ4n) is 3.82. The first-order valence-corrected chi connectivity index (χ1v) is 12.5. The van der Waals surface area contributed by atoms with Gasteiger partial charge >= 0.3 is 5.97 Å². The highest BCUT2D eigenvalue weighted by molar-refractivity contribution is 7.91. The minimum Gasteiger partial charge on any atom is -0.318 e. The van der Waals surface area contributed by atoms with E-state index in [2.05, 4.69) is 10.1 Å². The second kappa shape index (κ2) is 9.49. The third-order valence-corrected chi connectivity index (χ3v) is 6.53. The lowest BCUT2D eigenvalue weighted by atomic mass is 10.1. The van der Waals surface area contributed by atoms with Crippen LogP contribution in [0.25, 0.3) is 10.8 Å². The standard InChI is InChI=1S/C27H24N2O4S/c1-19(28-33-20(2)30)21-13-15-23(16-14-21)29(22-9-5-4-6-10-22)26-17-18-27(34(3,31)32)25-12-8-7-11-24(25)26/h4-18H,1-3H3/b28-19-. The highest BCUT2D eigenvalue weighted by Gasteiger charge is 2.19. The Labute approximate surface area is 199 Å². The molecule has 7 heteroatoms. The number of nitrogens with zero attached hydrogens (tertiary/aromatic N) is 2. The molecule has 0 aliphatic carbocycles. The summed E-state index contributed by atoms with van der Waals surface area (Å²) in [4.78, 5) is 18.2. The molecule has 0 heterocycles. The van der Waals surface area contributed by atoms with Crippen LogP contribution < -0.4 is 4.90 Å². The van der Waals surface area contributed by atoms with Gasteiger partial charge in [0, 0.05) is 35.3 Å².